The van der Waals surface area contributed by atoms with E-state index in [-0.39, 0.29) is 25.1 Å². The zero-order valence-electron chi connectivity index (χ0n) is 14.3. The maximum Gasteiger partial charge on any atom is 0.231 e. The van der Waals surface area contributed by atoms with Crippen LogP contribution in [-0.4, -0.2) is 24.5 Å². The number of allylic oxidation sites excluding steroid dienone is 3. The summed E-state index contributed by atoms with van der Waals surface area (Å²) in [5.41, 5.74) is 1.62. The molecule has 2 aromatic carbocycles. The number of hydrogen-bond acceptors (Lipinski definition) is 6. The monoisotopic (exact) mass is 364 g/mol. The van der Waals surface area contributed by atoms with Crippen LogP contribution in [0.2, 0.25) is 0 Å². The molecular weight excluding hydrogens is 348 g/mol. The minimum Gasteiger partial charge on any atom is -0.508 e. The average Bonchev–Trinajstić information content (AvgIpc) is 3.32. The summed E-state index contributed by atoms with van der Waals surface area (Å²) in [4.78, 5) is 12.0. The number of carbonyl (C=O) groups excluding carboxylic acids is 1. The predicted octanol–water partition coefficient (Wildman–Crippen LogP) is 3.88. The molecule has 6 heteroatoms. The van der Waals surface area contributed by atoms with Crippen LogP contribution in [0.15, 0.2) is 60.4 Å². The Kier molecular flexibility index (Phi) is 4.53. The molecule has 2 heterocycles. The van der Waals surface area contributed by atoms with Crippen molar-refractivity contribution in [1.29, 1.82) is 0 Å². The number of aliphatic hydroxyl groups excluding tert-OH is 1. The van der Waals surface area contributed by atoms with Gasteiger partial charge in [0.1, 0.15) is 5.76 Å². The van der Waals surface area contributed by atoms with Gasteiger partial charge in [0, 0.05) is 6.08 Å². The van der Waals surface area contributed by atoms with Crippen LogP contribution in [0.4, 0.5) is 0 Å². The lowest BCUT2D eigenvalue weighted by molar-refractivity contribution is -0.110. The topological polar surface area (TPSA) is 74.2 Å². The maximum absolute atomic E-state index is 12.0. The molecule has 0 saturated carbocycles. The summed E-state index contributed by atoms with van der Waals surface area (Å²) in [5.74, 6) is 2.20. The van der Waals surface area contributed by atoms with Gasteiger partial charge in [-0.05, 0) is 47.5 Å². The molecule has 1 N–H and O–H groups in total. The first-order chi connectivity index (χ1) is 13.2. The quantitative estimate of drug-likeness (QED) is 0.493. The van der Waals surface area contributed by atoms with Gasteiger partial charge >= 0.3 is 0 Å². The third kappa shape index (κ3) is 3.95. The number of hydrogen-bond donors (Lipinski definition) is 1. The Hall–Kier alpha value is -3.67. The largest absolute Gasteiger partial charge is 0.508 e. The van der Waals surface area contributed by atoms with E-state index in [1.807, 2.05) is 12.1 Å². The van der Waals surface area contributed by atoms with Crippen molar-refractivity contribution in [3.05, 3.63) is 71.5 Å². The van der Waals surface area contributed by atoms with E-state index < -0.39 is 0 Å². The highest BCUT2D eigenvalue weighted by atomic mass is 16.7. The van der Waals surface area contributed by atoms with E-state index >= 15 is 0 Å². The van der Waals surface area contributed by atoms with E-state index in [4.69, 9.17) is 18.9 Å². The third-order valence-corrected chi connectivity index (χ3v) is 3.97. The second-order valence-electron chi connectivity index (χ2n) is 5.86. The van der Waals surface area contributed by atoms with Gasteiger partial charge < -0.3 is 24.1 Å². The van der Waals surface area contributed by atoms with Gasteiger partial charge in [-0.15, -0.1) is 0 Å². The summed E-state index contributed by atoms with van der Waals surface area (Å²) in [7, 11) is 0. The highest BCUT2D eigenvalue weighted by Crippen LogP contribution is 2.33. The Morgan fingerprint density at radius 2 is 1.30 bits per heavy atom. The molecule has 2 aliphatic rings. The Bertz CT molecular complexity index is 971. The summed E-state index contributed by atoms with van der Waals surface area (Å²) in [5, 5.41) is 9.93. The first kappa shape index (κ1) is 16.8. The van der Waals surface area contributed by atoms with Gasteiger partial charge in [0.25, 0.3) is 0 Å². The lowest BCUT2D eigenvalue weighted by Crippen LogP contribution is -1.92. The minimum absolute atomic E-state index is 0.145. The molecule has 0 spiro atoms. The first-order valence-electron chi connectivity index (χ1n) is 8.27. The molecule has 0 aromatic heterocycles. The van der Waals surface area contributed by atoms with E-state index in [9.17, 15) is 9.90 Å². The number of ether oxygens (including phenoxy) is 4. The van der Waals surface area contributed by atoms with E-state index in [1.54, 1.807) is 36.4 Å². The molecule has 0 amide bonds. The Morgan fingerprint density at radius 3 is 1.89 bits per heavy atom. The second-order valence-corrected chi connectivity index (χ2v) is 5.86. The zero-order chi connectivity index (χ0) is 18.6. The van der Waals surface area contributed by atoms with Crippen molar-refractivity contribution in [1.82, 2.24) is 0 Å². The first-order valence-corrected chi connectivity index (χ1v) is 8.27. The van der Waals surface area contributed by atoms with E-state index in [0.717, 1.165) is 17.2 Å². The van der Waals surface area contributed by atoms with Gasteiger partial charge in [-0.25, -0.2) is 0 Å². The van der Waals surface area contributed by atoms with Gasteiger partial charge in [0.05, 0.1) is 0 Å². The normalized spacial score (nSPS) is 15.0. The van der Waals surface area contributed by atoms with Gasteiger partial charge in [-0.3, -0.25) is 4.79 Å². The van der Waals surface area contributed by atoms with Crippen molar-refractivity contribution >= 4 is 17.9 Å². The van der Waals surface area contributed by atoms with E-state index in [0.29, 0.717) is 23.0 Å². The van der Waals surface area contributed by atoms with Crippen molar-refractivity contribution < 1.29 is 28.8 Å². The number of fused-ring (bicyclic) bond motifs is 2. The number of ketones is 1. The smallest absolute Gasteiger partial charge is 0.231 e. The average molecular weight is 364 g/mol. The number of benzene rings is 2. The van der Waals surface area contributed by atoms with Crippen LogP contribution in [-0.2, 0) is 4.79 Å². The van der Waals surface area contributed by atoms with Gasteiger partial charge in [0.2, 0.25) is 13.6 Å². The van der Waals surface area contributed by atoms with Crippen LogP contribution in [0.5, 0.6) is 23.0 Å². The fourth-order valence-electron chi connectivity index (χ4n) is 2.64. The van der Waals surface area contributed by atoms with Crippen LogP contribution >= 0.6 is 0 Å². The minimum atomic E-state index is -0.333. The molecule has 2 aliphatic heterocycles. The van der Waals surface area contributed by atoms with Crippen molar-refractivity contribution in [2.24, 2.45) is 0 Å². The van der Waals surface area contributed by atoms with Crippen molar-refractivity contribution in [3.63, 3.8) is 0 Å². The highest BCUT2D eigenvalue weighted by molar-refractivity contribution is 6.02. The molecule has 0 radical (unpaired) electrons. The molecule has 136 valence electrons. The van der Waals surface area contributed by atoms with Crippen LogP contribution in [0.1, 0.15) is 11.1 Å². The van der Waals surface area contributed by atoms with Crippen LogP contribution in [0, 0.1) is 0 Å². The molecule has 6 nitrogen and oxygen atoms in total. The van der Waals surface area contributed by atoms with Gasteiger partial charge in [-0.1, -0.05) is 24.3 Å². The lowest BCUT2D eigenvalue weighted by atomic mass is 10.1. The third-order valence-electron chi connectivity index (χ3n) is 3.97. The fourth-order valence-corrected chi connectivity index (χ4v) is 2.64. The summed E-state index contributed by atoms with van der Waals surface area (Å²) in [6.07, 6.45) is 7.30. The van der Waals surface area contributed by atoms with E-state index in [1.165, 1.54) is 12.2 Å². The van der Waals surface area contributed by atoms with Crippen LogP contribution in [0.3, 0.4) is 0 Å². The SMILES string of the molecule is O=C(/C=C(O)/C=C/c1ccc2c(c1)OCO2)/C=C/c1ccc2c(c1)OCO2. The second kappa shape index (κ2) is 7.29. The highest BCUT2D eigenvalue weighted by Gasteiger charge is 2.13. The molecule has 4 rings (SSSR count). The molecule has 0 bridgehead atoms. The van der Waals surface area contributed by atoms with Crippen molar-refractivity contribution in [2.45, 2.75) is 0 Å². The molecule has 0 fully saturated rings. The fraction of sp³-hybridized carbons (Fsp3) is 0.0952. The number of rotatable bonds is 5. The molecule has 27 heavy (non-hydrogen) atoms. The summed E-state index contributed by atoms with van der Waals surface area (Å²) in [6.45, 7) is 0.408. The molecule has 0 saturated heterocycles. The summed E-state index contributed by atoms with van der Waals surface area (Å²) >= 11 is 0. The summed E-state index contributed by atoms with van der Waals surface area (Å²) < 4.78 is 21.1. The molecule has 0 atom stereocenters. The molecule has 2 aromatic rings. The van der Waals surface area contributed by atoms with Crippen molar-refractivity contribution in [3.8, 4) is 23.0 Å². The predicted molar refractivity (Wildman–Crippen MR) is 98.9 cm³/mol. The summed E-state index contributed by atoms with van der Waals surface area (Å²) in [6, 6.07) is 10.8. The Balaban J connectivity index is 1.39. The van der Waals surface area contributed by atoms with Crippen LogP contribution in [0.25, 0.3) is 12.2 Å². The zero-order valence-corrected chi connectivity index (χ0v) is 14.3. The Labute approximate surface area is 155 Å². The van der Waals surface area contributed by atoms with Gasteiger partial charge in [-0.2, -0.15) is 0 Å². The molecule has 0 aliphatic carbocycles. The van der Waals surface area contributed by atoms with Crippen molar-refractivity contribution in [2.75, 3.05) is 13.6 Å². The van der Waals surface area contributed by atoms with Gasteiger partial charge in [0.15, 0.2) is 28.8 Å². The lowest BCUT2D eigenvalue weighted by Gasteiger charge is -1.98. The van der Waals surface area contributed by atoms with Crippen LogP contribution < -0.4 is 18.9 Å². The number of aliphatic hydroxyl groups is 1. The molecule has 0 unspecified atom stereocenters. The standard InChI is InChI=1S/C21H16O6/c22-16(5-1-14-3-7-18-20(9-14)26-12-24-18)11-17(23)6-2-15-4-8-19-21(10-15)27-13-25-19/h1-11,22H,12-13H2/b5-1+,6-2+,16-11-. The number of carbonyl (C=O) groups is 1. The molecular formula is C21H16O6. The van der Waals surface area contributed by atoms with E-state index in [2.05, 4.69) is 0 Å². The Morgan fingerprint density at radius 1 is 0.778 bits per heavy atom. The maximum atomic E-state index is 12.0.